The molecule has 0 unspecified atom stereocenters. The summed E-state index contributed by atoms with van der Waals surface area (Å²) in [6, 6.07) is -0.218. The van der Waals surface area contributed by atoms with Gasteiger partial charge < -0.3 is 10.3 Å². The molecule has 2 aromatic rings. The van der Waals surface area contributed by atoms with Crippen molar-refractivity contribution in [2.75, 3.05) is 0 Å². The molecule has 0 fully saturated rings. The minimum Gasteiger partial charge on any atom is -0.337 e. The van der Waals surface area contributed by atoms with Crippen molar-refractivity contribution in [3.05, 3.63) is 16.8 Å². The van der Waals surface area contributed by atoms with E-state index in [9.17, 15) is 0 Å². The van der Waals surface area contributed by atoms with E-state index < -0.39 is 0 Å². The first kappa shape index (κ1) is 10.3. The third-order valence-electron chi connectivity index (χ3n) is 2.11. The van der Waals surface area contributed by atoms with Crippen molar-refractivity contribution >= 4 is 11.3 Å². The fourth-order valence-electron chi connectivity index (χ4n) is 1.08. The average Bonchev–Trinajstić information content (AvgIpc) is 2.86. The highest BCUT2D eigenvalue weighted by molar-refractivity contribution is 7.07. The summed E-state index contributed by atoms with van der Waals surface area (Å²) in [7, 11) is 0. The Balaban J connectivity index is 2.25. The molecule has 2 N–H and O–H groups in total. The Bertz CT molecular complexity index is 423. The number of nitrogens with zero attached hydrogens (tertiary/aromatic N) is 3. The summed E-state index contributed by atoms with van der Waals surface area (Å²) in [4.78, 5) is 8.31. The van der Waals surface area contributed by atoms with Crippen LogP contribution in [0, 0.1) is 5.92 Å². The van der Waals surface area contributed by atoms with Gasteiger partial charge in [0.1, 0.15) is 5.69 Å². The zero-order chi connectivity index (χ0) is 10.8. The molecule has 0 radical (unpaired) electrons. The summed E-state index contributed by atoms with van der Waals surface area (Å²) < 4.78 is 5.09. The predicted molar refractivity (Wildman–Crippen MR) is 57.2 cm³/mol. The maximum Gasteiger partial charge on any atom is 0.244 e. The Morgan fingerprint density at radius 3 is 2.87 bits per heavy atom. The molecule has 2 heterocycles. The zero-order valence-electron chi connectivity index (χ0n) is 8.54. The van der Waals surface area contributed by atoms with Gasteiger partial charge in [-0.15, -0.1) is 11.3 Å². The minimum absolute atomic E-state index is 0.218. The largest absolute Gasteiger partial charge is 0.337 e. The average molecular weight is 224 g/mol. The number of rotatable bonds is 3. The molecule has 0 spiro atoms. The summed E-state index contributed by atoms with van der Waals surface area (Å²) in [5.41, 5.74) is 8.35. The minimum atomic E-state index is -0.218. The van der Waals surface area contributed by atoms with Crippen LogP contribution in [0.15, 0.2) is 15.4 Å². The third-order valence-corrected chi connectivity index (χ3v) is 2.69. The smallest absolute Gasteiger partial charge is 0.244 e. The number of hydrogen-bond acceptors (Lipinski definition) is 6. The molecule has 0 aliphatic heterocycles. The lowest BCUT2D eigenvalue weighted by atomic mass is 10.1. The van der Waals surface area contributed by atoms with Gasteiger partial charge in [0.2, 0.25) is 11.7 Å². The molecule has 0 aliphatic carbocycles. The van der Waals surface area contributed by atoms with E-state index in [1.54, 1.807) is 5.51 Å². The van der Waals surface area contributed by atoms with E-state index in [2.05, 4.69) is 15.1 Å². The molecular weight excluding hydrogens is 212 g/mol. The van der Waals surface area contributed by atoms with Crippen LogP contribution >= 0.6 is 11.3 Å². The van der Waals surface area contributed by atoms with E-state index in [1.807, 2.05) is 19.2 Å². The van der Waals surface area contributed by atoms with Crippen molar-refractivity contribution in [1.82, 2.24) is 15.1 Å². The van der Waals surface area contributed by atoms with Gasteiger partial charge in [-0.2, -0.15) is 4.98 Å². The summed E-state index contributed by atoms with van der Waals surface area (Å²) in [6.07, 6.45) is 0. The van der Waals surface area contributed by atoms with E-state index in [4.69, 9.17) is 10.3 Å². The predicted octanol–water partition coefficient (Wildman–Crippen LogP) is 1.85. The standard InChI is InChI=1S/C9H12N4OS/c1-5(2)7(10)9-12-8(13-14-9)6-3-15-4-11-6/h3-5,7H,10H2,1-2H3/t7-/m1/s1. The van der Waals surface area contributed by atoms with Crippen LogP contribution in [0.25, 0.3) is 11.5 Å². The number of aromatic nitrogens is 3. The first-order chi connectivity index (χ1) is 7.18. The highest BCUT2D eigenvalue weighted by Crippen LogP contribution is 2.21. The van der Waals surface area contributed by atoms with E-state index in [1.165, 1.54) is 11.3 Å². The Morgan fingerprint density at radius 1 is 1.47 bits per heavy atom. The fourth-order valence-corrected chi connectivity index (χ4v) is 1.61. The van der Waals surface area contributed by atoms with Gasteiger partial charge in [0.15, 0.2) is 0 Å². The van der Waals surface area contributed by atoms with Gasteiger partial charge in [0.25, 0.3) is 0 Å². The van der Waals surface area contributed by atoms with E-state index in [0.29, 0.717) is 11.7 Å². The van der Waals surface area contributed by atoms with Crippen molar-refractivity contribution in [3.8, 4) is 11.5 Å². The lowest BCUT2D eigenvalue weighted by Crippen LogP contribution is -2.16. The second-order valence-electron chi connectivity index (χ2n) is 3.60. The number of hydrogen-bond donors (Lipinski definition) is 1. The van der Waals surface area contributed by atoms with Gasteiger partial charge in [0, 0.05) is 5.38 Å². The molecule has 0 saturated carbocycles. The van der Waals surface area contributed by atoms with Crippen LogP contribution in [0.2, 0.25) is 0 Å². The highest BCUT2D eigenvalue weighted by Gasteiger charge is 2.19. The molecule has 15 heavy (non-hydrogen) atoms. The van der Waals surface area contributed by atoms with Gasteiger partial charge in [-0.3, -0.25) is 0 Å². The molecule has 0 aromatic carbocycles. The van der Waals surface area contributed by atoms with Crippen molar-refractivity contribution in [2.24, 2.45) is 11.7 Å². The van der Waals surface area contributed by atoms with Gasteiger partial charge in [-0.1, -0.05) is 19.0 Å². The Labute approximate surface area is 91.3 Å². The van der Waals surface area contributed by atoms with Crippen LogP contribution in [0.1, 0.15) is 25.8 Å². The lowest BCUT2D eigenvalue weighted by molar-refractivity contribution is 0.325. The van der Waals surface area contributed by atoms with Crippen LogP contribution in [0.3, 0.4) is 0 Å². The second kappa shape index (κ2) is 4.08. The molecule has 5 nitrogen and oxygen atoms in total. The number of nitrogens with two attached hydrogens (primary N) is 1. The lowest BCUT2D eigenvalue weighted by Gasteiger charge is -2.08. The van der Waals surface area contributed by atoms with Gasteiger partial charge in [-0.25, -0.2) is 4.98 Å². The van der Waals surface area contributed by atoms with Gasteiger partial charge >= 0.3 is 0 Å². The van der Waals surface area contributed by atoms with Crippen LogP contribution in [-0.4, -0.2) is 15.1 Å². The quantitative estimate of drug-likeness (QED) is 0.860. The summed E-state index contributed by atoms with van der Waals surface area (Å²) in [6.45, 7) is 4.02. The Morgan fingerprint density at radius 2 is 2.27 bits per heavy atom. The van der Waals surface area contributed by atoms with E-state index in [0.717, 1.165) is 5.69 Å². The Kier molecular flexibility index (Phi) is 2.79. The summed E-state index contributed by atoms with van der Waals surface area (Å²) >= 11 is 1.49. The number of thiazole rings is 1. The van der Waals surface area contributed by atoms with Crippen molar-refractivity contribution in [2.45, 2.75) is 19.9 Å². The summed E-state index contributed by atoms with van der Waals surface area (Å²) in [5, 5.41) is 5.71. The van der Waals surface area contributed by atoms with Gasteiger partial charge in [-0.05, 0) is 5.92 Å². The molecular formula is C9H12N4OS. The van der Waals surface area contributed by atoms with Crippen LogP contribution in [-0.2, 0) is 0 Å². The van der Waals surface area contributed by atoms with Crippen LogP contribution in [0.4, 0.5) is 0 Å². The molecule has 6 heteroatoms. The maximum absolute atomic E-state index is 5.89. The summed E-state index contributed by atoms with van der Waals surface area (Å²) in [5.74, 6) is 1.24. The normalized spacial score (nSPS) is 13.3. The molecule has 0 saturated heterocycles. The first-order valence-electron chi connectivity index (χ1n) is 4.66. The fraction of sp³-hybridized carbons (Fsp3) is 0.444. The van der Waals surface area contributed by atoms with Crippen LogP contribution < -0.4 is 5.73 Å². The molecule has 2 rings (SSSR count). The van der Waals surface area contributed by atoms with Crippen molar-refractivity contribution < 1.29 is 4.52 Å². The van der Waals surface area contributed by atoms with Gasteiger partial charge in [0.05, 0.1) is 11.6 Å². The van der Waals surface area contributed by atoms with E-state index >= 15 is 0 Å². The third kappa shape index (κ3) is 2.05. The monoisotopic (exact) mass is 224 g/mol. The molecule has 80 valence electrons. The topological polar surface area (TPSA) is 77.8 Å². The molecule has 0 bridgehead atoms. The Hall–Kier alpha value is -1.27. The highest BCUT2D eigenvalue weighted by atomic mass is 32.1. The molecule has 0 amide bonds. The van der Waals surface area contributed by atoms with E-state index in [-0.39, 0.29) is 12.0 Å². The van der Waals surface area contributed by atoms with Crippen molar-refractivity contribution in [1.29, 1.82) is 0 Å². The zero-order valence-corrected chi connectivity index (χ0v) is 9.36. The molecule has 2 aromatic heterocycles. The molecule has 1 atom stereocenters. The maximum atomic E-state index is 5.89. The SMILES string of the molecule is CC(C)[C@@H](N)c1nc(-c2cscn2)no1. The van der Waals surface area contributed by atoms with Crippen molar-refractivity contribution in [3.63, 3.8) is 0 Å². The first-order valence-corrected chi connectivity index (χ1v) is 5.60. The van der Waals surface area contributed by atoms with Crippen LogP contribution in [0.5, 0.6) is 0 Å². The molecule has 0 aliphatic rings. The second-order valence-corrected chi connectivity index (χ2v) is 4.32.